The number of hydrogen-bond donors (Lipinski definition) is 1. The lowest BCUT2D eigenvalue weighted by Crippen LogP contribution is -2.28. The van der Waals surface area contributed by atoms with Crippen molar-refractivity contribution >= 4 is 11.0 Å². The third-order valence-corrected chi connectivity index (χ3v) is 3.35. The summed E-state index contributed by atoms with van der Waals surface area (Å²) < 4.78 is 0. The monoisotopic (exact) mass is 201 g/mol. The van der Waals surface area contributed by atoms with E-state index in [2.05, 4.69) is 35.0 Å². The molecule has 1 unspecified atom stereocenters. The zero-order chi connectivity index (χ0) is 10.4. The van der Waals surface area contributed by atoms with Gasteiger partial charge in [-0.15, -0.1) is 0 Å². The summed E-state index contributed by atoms with van der Waals surface area (Å²) >= 11 is 0. The second-order valence-electron chi connectivity index (χ2n) is 4.51. The molecule has 0 radical (unpaired) electrons. The minimum atomic E-state index is 0.637. The van der Waals surface area contributed by atoms with E-state index in [1.165, 1.54) is 16.8 Å². The van der Waals surface area contributed by atoms with Crippen LogP contribution in [-0.2, 0) is 12.8 Å². The van der Waals surface area contributed by atoms with Gasteiger partial charge in [0.1, 0.15) is 0 Å². The van der Waals surface area contributed by atoms with Crippen molar-refractivity contribution in [2.75, 3.05) is 14.1 Å². The maximum absolute atomic E-state index is 4.46. The van der Waals surface area contributed by atoms with E-state index in [1.54, 1.807) is 0 Å². The van der Waals surface area contributed by atoms with Gasteiger partial charge in [0.25, 0.3) is 0 Å². The van der Waals surface area contributed by atoms with Gasteiger partial charge in [0, 0.05) is 29.9 Å². The number of aromatic amines is 1. The van der Waals surface area contributed by atoms with Crippen molar-refractivity contribution in [2.24, 2.45) is 0 Å². The number of likely N-dealkylation sites (N-methyl/N-ethyl adjacent to an activating group) is 1. The summed E-state index contributed by atoms with van der Waals surface area (Å²) in [5.74, 6) is 0. The van der Waals surface area contributed by atoms with Gasteiger partial charge in [0.05, 0.1) is 11.0 Å². The third-order valence-electron chi connectivity index (χ3n) is 3.35. The minimum Gasteiger partial charge on any atom is -0.357 e. The molecular formula is C12H15N3. The third kappa shape index (κ3) is 1.27. The predicted octanol–water partition coefficient (Wildman–Crippen LogP) is 1.59. The van der Waals surface area contributed by atoms with Gasteiger partial charge >= 0.3 is 0 Å². The van der Waals surface area contributed by atoms with Crippen LogP contribution < -0.4 is 0 Å². The van der Waals surface area contributed by atoms with Gasteiger partial charge in [0.15, 0.2) is 0 Å². The Kier molecular flexibility index (Phi) is 1.83. The lowest BCUT2D eigenvalue weighted by atomic mass is 10.2. The number of nitrogens with one attached hydrogen (secondary N) is 1. The molecule has 2 aromatic rings. The molecule has 2 heterocycles. The van der Waals surface area contributed by atoms with Crippen molar-refractivity contribution in [1.29, 1.82) is 0 Å². The molecule has 0 saturated heterocycles. The van der Waals surface area contributed by atoms with Crippen molar-refractivity contribution < 1.29 is 0 Å². The predicted molar refractivity (Wildman–Crippen MR) is 61.0 cm³/mol. The van der Waals surface area contributed by atoms with Gasteiger partial charge in [0.2, 0.25) is 0 Å². The van der Waals surface area contributed by atoms with Crippen LogP contribution in [-0.4, -0.2) is 35.0 Å². The highest BCUT2D eigenvalue weighted by atomic mass is 15.1. The maximum atomic E-state index is 4.46. The summed E-state index contributed by atoms with van der Waals surface area (Å²) in [6, 6.07) is 4.72. The van der Waals surface area contributed by atoms with Crippen LogP contribution in [0.2, 0.25) is 0 Å². The van der Waals surface area contributed by atoms with Gasteiger partial charge < -0.3 is 9.88 Å². The van der Waals surface area contributed by atoms with Crippen LogP contribution in [0.25, 0.3) is 11.0 Å². The number of pyridine rings is 1. The maximum Gasteiger partial charge on any atom is 0.0914 e. The molecule has 0 aliphatic heterocycles. The van der Waals surface area contributed by atoms with Crippen LogP contribution in [0.4, 0.5) is 0 Å². The Labute approximate surface area is 89.1 Å². The number of hydrogen-bond acceptors (Lipinski definition) is 2. The molecule has 3 rings (SSSR count). The summed E-state index contributed by atoms with van der Waals surface area (Å²) in [5.41, 5.74) is 5.14. The molecule has 3 nitrogen and oxygen atoms in total. The Morgan fingerprint density at radius 1 is 1.40 bits per heavy atom. The van der Waals surface area contributed by atoms with Gasteiger partial charge in [-0.2, -0.15) is 0 Å². The van der Waals surface area contributed by atoms with E-state index in [1.807, 2.05) is 12.3 Å². The first-order chi connectivity index (χ1) is 7.25. The fourth-order valence-corrected chi connectivity index (χ4v) is 2.43. The van der Waals surface area contributed by atoms with Crippen LogP contribution >= 0.6 is 0 Å². The molecule has 1 aliphatic carbocycles. The smallest absolute Gasteiger partial charge is 0.0914 e. The topological polar surface area (TPSA) is 31.9 Å². The molecule has 0 spiro atoms. The molecule has 3 heteroatoms. The number of aromatic nitrogens is 2. The molecular weight excluding hydrogens is 186 g/mol. The lowest BCUT2D eigenvalue weighted by Gasteiger charge is -2.18. The molecule has 1 atom stereocenters. The van der Waals surface area contributed by atoms with Crippen molar-refractivity contribution in [3.63, 3.8) is 0 Å². The second kappa shape index (κ2) is 3.07. The minimum absolute atomic E-state index is 0.637. The molecule has 78 valence electrons. The van der Waals surface area contributed by atoms with Gasteiger partial charge in [-0.25, -0.2) is 0 Å². The van der Waals surface area contributed by atoms with Gasteiger partial charge in [-0.3, -0.25) is 4.98 Å². The van der Waals surface area contributed by atoms with Crippen molar-refractivity contribution in [3.8, 4) is 0 Å². The largest absolute Gasteiger partial charge is 0.357 e. The average molecular weight is 201 g/mol. The summed E-state index contributed by atoms with van der Waals surface area (Å²) in [4.78, 5) is 10.2. The molecule has 15 heavy (non-hydrogen) atoms. The fraction of sp³-hybridized carbons (Fsp3) is 0.417. The zero-order valence-electron chi connectivity index (χ0n) is 9.12. The Morgan fingerprint density at radius 3 is 3.07 bits per heavy atom. The van der Waals surface area contributed by atoms with E-state index in [4.69, 9.17) is 0 Å². The highest BCUT2D eigenvalue weighted by Gasteiger charge is 2.26. The van der Waals surface area contributed by atoms with E-state index < -0.39 is 0 Å². The van der Waals surface area contributed by atoms with Gasteiger partial charge in [-0.1, -0.05) is 0 Å². The zero-order valence-corrected chi connectivity index (χ0v) is 9.12. The van der Waals surface area contributed by atoms with Crippen molar-refractivity contribution in [2.45, 2.75) is 18.9 Å². The summed E-state index contributed by atoms with van der Waals surface area (Å²) in [5, 5.41) is 0. The number of fused-ring (bicyclic) bond motifs is 3. The summed E-state index contributed by atoms with van der Waals surface area (Å²) in [6.07, 6.45) is 4.12. The van der Waals surface area contributed by atoms with E-state index in [-0.39, 0.29) is 0 Å². The van der Waals surface area contributed by atoms with Crippen molar-refractivity contribution in [1.82, 2.24) is 14.9 Å². The second-order valence-corrected chi connectivity index (χ2v) is 4.51. The SMILES string of the molecule is CN(C)C1Cc2[nH]c3cccnc3c2C1. The first kappa shape index (κ1) is 8.92. The van der Waals surface area contributed by atoms with E-state index in [9.17, 15) is 0 Å². The molecule has 1 aliphatic rings. The van der Waals surface area contributed by atoms with Crippen LogP contribution in [0, 0.1) is 0 Å². The highest BCUT2D eigenvalue weighted by Crippen LogP contribution is 2.29. The van der Waals surface area contributed by atoms with Crippen molar-refractivity contribution in [3.05, 3.63) is 29.6 Å². The van der Waals surface area contributed by atoms with Gasteiger partial charge in [-0.05, 0) is 32.6 Å². The number of rotatable bonds is 1. The first-order valence-electron chi connectivity index (χ1n) is 5.36. The van der Waals surface area contributed by atoms with E-state index in [0.717, 1.165) is 18.4 Å². The van der Waals surface area contributed by atoms with Crippen LogP contribution in [0.1, 0.15) is 11.3 Å². The van der Waals surface area contributed by atoms with Crippen LogP contribution in [0.5, 0.6) is 0 Å². The van der Waals surface area contributed by atoms with Crippen LogP contribution in [0.15, 0.2) is 18.3 Å². The molecule has 0 aromatic carbocycles. The number of H-pyrrole nitrogens is 1. The number of nitrogens with zero attached hydrogens (tertiary/aromatic N) is 2. The first-order valence-corrected chi connectivity index (χ1v) is 5.36. The average Bonchev–Trinajstić information content (AvgIpc) is 2.73. The quantitative estimate of drug-likeness (QED) is 0.760. The standard InChI is InChI=1S/C12H15N3/c1-15(2)8-6-9-11(7-8)14-10-4-3-5-13-12(9)10/h3-5,8,14H,6-7H2,1-2H3. The Balaban J connectivity index is 2.08. The fourth-order valence-electron chi connectivity index (χ4n) is 2.43. The lowest BCUT2D eigenvalue weighted by molar-refractivity contribution is 0.303. The van der Waals surface area contributed by atoms with E-state index >= 15 is 0 Å². The van der Waals surface area contributed by atoms with E-state index in [0.29, 0.717) is 6.04 Å². The van der Waals surface area contributed by atoms with Crippen LogP contribution in [0.3, 0.4) is 0 Å². The molecule has 0 fully saturated rings. The Bertz CT molecular complexity index is 499. The molecule has 0 amide bonds. The normalized spacial score (nSPS) is 20.1. The molecule has 2 aromatic heterocycles. The Morgan fingerprint density at radius 2 is 2.27 bits per heavy atom. The molecule has 0 bridgehead atoms. The Hall–Kier alpha value is -1.35. The molecule has 0 saturated carbocycles. The summed E-state index contributed by atoms with van der Waals surface area (Å²) in [7, 11) is 4.29. The molecule has 1 N–H and O–H groups in total. The highest BCUT2D eigenvalue weighted by molar-refractivity contribution is 5.81. The summed E-state index contributed by atoms with van der Waals surface area (Å²) in [6.45, 7) is 0.